The first-order valence-electron chi connectivity index (χ1n) is 5.74. The first-order chi connectivity index (χ1) is 8.18. The summed E-state index contributed by atoms with van der Waals surface area (Å²) in [5.41, 5.74) is 3.55. The van der Waals surface area contributed by atoms with Gasteiger partial charge in [0, 0.05) is 36.2 Å². The molecule has 1 aromatic heterocycles. The molecule has 3 rings (SSSR count). The number of carboxylic acids is 1. The number of benzene rings is 1. The molecule has 0 unspecified atom stereocenters. The lowest BCUT2D eigenvalue weighted by atomic mass is 10.1. The second-order valence-electron chi connectivity index (χ2n) is 4.48. The van der Waals surface area contributed by atoms with Gasteiger partial charge in [0.15, 0.2) is 0 Å². The van der Waals surface area contributed by atoms with Crippen LogP contribution >= 0.6 is 0 Å². The third kappa shape index (κ3) is 1.45. The standard InChI is InChI=1S/C13H14N2O2/c1-8-2-3-9-10(6-8)15-5-4-14-7-11(15)12(9)13(16)17/h2-3,6,14H,4-5,7H2,1H3,(H,16,17). The van der Waals surface area contributed by atoms with Crippen molar-refractivity contribution < 1.29 is 9.90 Å². The predicted molar refractivity (Wildman–Crippen MR) is 65.3 cm³/mol. The average Bonchev–Trinajstić information content (AvgIpc) is 2.63. The number of aromatic nitrogens is 1. The maximum Gasteiger partial charge on any atom is 0.338 e. The van der Waals surface area contributed by atoms with E-state index in [1.54, 1.807) is 0 Å². The fraction of sp³-hybridized carbons (Fsp3) is 0.308. The predicted octanol–water partition coefficient (Wildman–Crippen LogP) is 1.75. The summed E-state index contributed by atoms with van der Waals surface area (Å²) in [4.78, 5) is 11.4. The number of nitrogens with one attached hydrogen (secondary N) is 1. The van der Waals surface area contributed by atoms with Crippen molar-refractivity contribution in [3.05, 3.63) is 35.0 Å². The van der Waals surface area contributed by atoms with E-state index in [1.165, 1.54) is 0 Å². The molecule has 1 aromatic carbocycles. The maximum absolute atomic E-state index is 11.4. The third-order valence-electron chi connectivity index (χ3n) is 3.35. The summed E-state index contributed by atoms with van der Waals surface area (Å²) in [5.74, 6) is -0.837. The number of fused-ring (bicyclic) bond motifs is 3. The Labute approximate surface area is 98.9 Å². The number of nitrogens with zero attached hydrogens (tertiary/aromatic N) is 1. The minimum Gasteiger partial charge on any atom is -0.478 e. The highest BCUT2D eigenvalue weighted by Gasteiger charge is 2.23. The van der Waals surface area contributed by atoms with Gasteiger partial charge in [0.1, 0.15) is 0 Å². The van der Waals surface area contributed by atoms with Crippen molar-refractivity contribution in [2.24, 2.45) is 0 Å². The first-order valence-corrected chi connectivity index (χ1v) is 5.74. The van der Waals surface area contributed by atoms with E-state index in [0.717, 1.165) is 35.2 Å². The molecule has 0 spiro atoms. The van der Waals surface area contributed by atoms with Crippen molar-refractivity contribution in [3.8, 4) is 0 Å². The van der Waals surface area contributed by atoms with E-state index in [2.05, 4.69) is 16.0 Å². The van der Waals surface area contributed by atoms with Crippen LogP contribution in [0.25, 0.3) is 10.9 Å². The van der Waals surface area contributed by atoms with E-state index in [-0.39, 0.29) is 0 Å². The lowest BCUT2D eigenvalue weighted by molar-refractivity contribution is 0.0697. The molecule has 0 radical (unpaired) electrons. The van der Waals surface area contributed by atoms with Crippen LogP contribution in [0.1, 0.15) is 21.6 Å². The van der Waals surface area contributed by atoms with Crippen LogP contribution in [0.4, 0.5) is 0 Å². The molecular weight excluding hydrogens is 216 g/mol. The Morgan fingerprint density at radius 2 is 2.29 bits per heavy atom. The molecule has 0 saturated heterocycles. The number of rotatable bonds is 1. The van der Waals surface area contributed by atoms with Gasteiger partial charge in [0.05, 0.1) is 5.56 Å². The maximum atomic E-state index is 11.4. The molecule has 0 bridgehead atoms. The molecule has 0 aliphatic carbocycles. The molecule has 0 amide bonds. The van der Waals surface area contributed by atoms with Crippen LogP contribution in [0.15, 0.2) is 18.2 Å². The largest absolute Gasteiger partial charge is 0.478 e. The average molecular weight is 230 g/mol. The molecule has 88 valence electrons. The highest BCUT2D eigenvalue weighted by molar-refractivity contribution is 6.05. The van der Waals surface area contributed by atoms with Gasteiger partial charge in [0.25, 0.3) is 0 Å². The molecule has 2 heterocycles. The Morgan fingerprint density at radius 3 is 3.06 bits per heavy atom. The summed E-state index contributed by atoms with van der Waals surface area (Å²) in [5, 5.41) is 13.4. The van der Waals surface area contributed by atoms with Gasteiger partial charge in [-0.25, -0.2) is 4.79 Å². The van der Waals surface area contributed by atoms with E-state index in [4.69, 9.17) is 0 Å². The smallest absolute Gasteiger partial charge is 0.338 e. The number of aryl methyl sites for hydroxylation is 1. The van der Waals surface area contributed by atoms with Gasteiger partial charge in [-0.2, -0.15) is 0 Å². The van der Waals surface area contributed by atoms with Crippen molar-refractivity contribution in [2.45, 2.75) is 20.0 Å². The second-order valence-corrected chi connectivity index (χ2v) is 4.48. The number of hydrogen-bond acceptors (Lipinski definition) is 2. The van der Waals surface area contributed by atoms with Crippen LogP contribution in [0.5, 0.6) is 0 Å². The summed E-state index contributed by atoms with van der Waals surface area (Å²) in [6.07, 6.45) is 0. The summed E-state index contributed by atoms with van der Waals surface area (Å²) in [6.45, 7) is 4.39. The van der Waals surface area contributed by atoms with Crippen LogP contribution in [0, 0.1) is 6.92 Å². The Morgan fingerprint density at radius 1 is 1.47 bits per heavy atom. The normalized spacial score (nSPS) is 14.9. The zero-order chi connectivity index (χ0) is 12.0. The molecule has 4 heteroatoms. The van der Waals surface area contributed by atoms with Crippen molar-refractivity contribution in [2.75, 3.05) is 6.54 Å². The van der Waals surface area contributed by atoms with Crippen LogP contribution in [-0.4, -0.2) is 22.2 Å². The van der Waals surface area contributed by atoms with Gasteiger partial charge in [-0.05, 0) is 18.6 Å². The Hall–Kier alpha value is -1.81. The highest BCUT2D eigenvalue weighted by Crippen LogP contribution is 2.28. The fourth-order valence-electron chi connectivity index (χ4n) is 2.59. The van der Waals surface area contributed by atoms with Gasteiger partial charge in [-0.3, -0.25) is 0 Å². The van der Waals surface area contributed by atoms with E-state index in [1.807, 2.05) is 19.1 Å². The van der Waals surface area contributed by atoms with Crippen LogP contribution in [0.3, 0.4) is 0 Å². The summed E-state index contributed by atoms with van der Waals surface area (Å²) < 4.78 is 2.13. The molecule has 17 heavy (non-hydrogen) atoms. The molecule has 0 atom stereocenters. The van der Waals surface area contributed by atoms with Gasteiger partial charge >= 0.3 is 5.97 Å². The number of carbonyl (C=O) groups is 1. The topological polar surface area (TPSA) is 54.3 Å². The fourth-order valence-corrected chi connectivity index (χ4v) is 2.59. The molecule has 2 aromatic rings. The first kappa shape index (κ1) is 10.4. The number of hydrogen-bond donors (Lipinski definition) is 2. The van der Waals surface area contributed by atoms with Crippen LogP contribution in [-0.2, 0) is 13.1 Å². The lowest BCUT2D eigenvalue weighted by Crippen LogP contribution is -2.28. The summed E-state index contributed by atoms with van der Waals surface area (Å²) in [6, 6.07) is 5.95. The van der Waals surface area contributed by atoms with Crippen molar-refractivity contribution in [1.82, 2.24) is 9.88 Å². The third-order valence-corrected chi connectivity index (χ3v) is 3.35. The Kier molecular flexibility index (Phi) is 2.19. The minimum atomic E-state index is -0.837. The molecule has 1 aliphatic heterocycles. The quantitative estimate of drug-likeness (QED) is 0.784. The van der Waals surface area contributed by atoms with Gasteiger partial charge < -0.3 is 15.0 Å². The molecule has 1 aliphatic rings. The molecule has 0 saturated carbocycles. The lowest BCUT2D eigenvalue weighted by Gasteiger charge is -2.17. The molecule has 2 N–H and O–H groups in total. The summed E-state index contributed by atoms with van der Waals surface area (Å²) >= 11 is 0. The van der Waals surface area contributed by atoms with E-state index in [0.29, 0.717) is 12.1 Å². The van der Waals surface area contributed by atoms with Gasteiger partial charge in [0.2, 0.25) is 0 Å². The van der Waals surface area contributed by atoms with Gasteiger partial charge in [-0.15, -0.1) is 0 Å². The van der Waals surface area contributed by atoms with Crippen molar-refractivity contribution in [1.29, 1.82) is 0 Å². The van der Waals surface area contributed by atoms with E-state index >= 15 is 0 Å². The molecule has 4 nitrogen and oxygen atoms in total. The van der Waals surface area contributed by atoms with E-state index < -0.39 is 5.97 Å². The number of carboxylic acid groups (broad SMARTS) is 1. The van der Waals surface area contributed by atoms with Crippen LogP contribution < -0.4 is 5.32 Å². The minimum absolute atomic E-state index is 0.451. The molecule has 0 fully saturated rings. The SMILES string of the molecule is Cc1ccc2c(C(=O)O)c3n(c2c1)CCNC3. The summed E-state index contributed by atoms with van der Waals surface area (Å²) in [7, 11) is 0. The van der Waals surface area contributed by atoms with E-state index in [9.17, 15) is 9.90 Å². The molecular formula is C13H14N2O2. The zero-order valence-electron chi connectivity index (χ0n) is 9.66. The van der Waals surface area contributed by atoms with Crippen molar-refractivity contribution >= 4 is 16.9 Å². The Bertz CT molecular complexity index is 613. The monoisotopic (exact) mass is 230 g/mol. The highest BCUT2D eigenvalue weighted by atomic mass is 16.4. The number of aromatic carboxylic acids is 1. The second kappa shape index (κ2) is 3.60. The Balaban J connectivity index is 2.41. The zero-order valence-corrected chi connectivity index (χ0v) is 9.66. The van der Waals surface area contributed by atoms with Gasteiger partial charge in [-0.1, -0.05) is 12.1 Å². The van der Waals surface area contributed by atoms with Crippen LogP contribution in [0.2, 0.25) is 0 Å². The van der Waals surface area contributed by atoms with Crippen molar-refractivity contribution in [3.63, 3.8) is 0 Å².